The van der Waals surface area contributed by atoms with E-state index in [2.05, 4.69) is 5.10 Å². The largest absolute Gasteiger partial charge is 0.342 e. The fourth-order valence-electron chi connectivity index (χ4n) is 4.48. The van der Waals surface area contributed by atoms with E-state index in [0.29, 0.717) is 42.4 Å². The fraction of sp³-hybridized carbons (Fsp3) is 0.458. The second-order valence-electron chi connectivity index (χ2n) is 8.89. The lowest BCUT2D eigenvalue weighted by Gasteiger charge is -2.31. The summed E-state index contributed by atoms with van der Waals surface area (Å²) in [6, 6.07) is 5.12. The number of carbonyl (C=O) groups is 1. The smallest absolute Gasteiger partial charge is 0.282 e. The quantitative estimate of drug-likeness (QED) is 0.385. The molecule has 0 spiro atoms. The Balaban J connectivity index is 1.17. The van der Waals surface area contributed by atoms with Crippen molar-refractivity contribution >= 4 is 17.2 Å². The van der Waals surface area contributed by atoms with Crippen LogP contribution in [0, 0.1) is 5.82 Å². The van der Waals surface area contributed by atoms with Crippen LogP contribution < -0.4 is 0 Å². The number of fused-ring (bicyclic) bond motifs is 1. The van der Waals surface area contributed by atoms with E-state index < -0.39 is 43.0 Å². The van der Waals surface area contributed by atoms with Crippen LogP contribution in [-0.2, 0) is 34.0 Å². The van der Waals surface area contributed by atoms with Crippen molar-refractivity contribution in [2.45, 2.75) is 57.7 Å². The van der Waals surface area contributed by atoms with Crippen molar-refractivity contribution in [1.82, 2.24) is 19.7 Å². The van der Waals surface area contributed by atoms with Gasteiger partial charge in [0, 0.05) is 24.4 Å². The van der Waals surface area contributed by atoms with E-state index in [4.69, 9.17) is 14.5 Å². The highest BCUT2D eigenvalue weighted by Gasteiger charge is 2.29. The minimum Gasteiger partial charge on any atom is -0.342 e. The summed E-state index contributed by atoms with van der Waals surface area (Å²) in [7, 11) is 0. The molecule has 0 saturated carbocycles. The summed E-state index contributed by atoms with van der Waals surface area (Å²) >= 11 is 1.46. The highest BCUT2D eigenvalue weighted by molar-refractivity contribution is 7.09. The molecule has 1 saturated heterocycles. The Hall–Kier alpha value is -2.90. The van der Waals surface area contributed by atoms with Gasteiger partial charge in [-0.3, -0.25) is 9.48 Å². The number of nitrogens with zero attached hydrogens (tertiary/aromatic N) is 4. The third-order valence-corrected chi connectivity index (χ3v) is 7.51. The van der Waals surface area contributed by atoms with Crippen LogP contribution in [0.4, 0.5) is 22.0 Å². The van der Waals surface area contributed by atoms with Crippen LogP contribution in [0.25, 0.3) is 0 Å². The highest BCUT2D eigenvalue weighted by atomic mass is 32.1. The lowest BCUT2D eigenvalue weighted by atomic mass is 9.97. The molecule has 13 heteroatoms. The molecule has 5 rings (SSSR count). The van der Waals surface area contributed by atoms with E-state index >= 15 is 0 Å². The Morgan fingerprint density at radius 1 is 1.05 bits per heavy atom. The minimum atomic E-state index is -3.02. The Morgan fingerprint density at radius 3 is 2.49 bits per heavy atom. The molecule has 1 aromatic carbocycles. The lowest BCUT2D eigenvalue weighted by molar-refractivity contribution is -0.155. The molecule has 0 N–H and O–H groups in total. The monoisotopic (exact) mass is 542 g/mol. The maximum Gasteiger partial charge on any atom is 0.282 e. The van der Waals surface area contributed by atoms with Crippen LogP contribution in [0.2, 0.25) is 0 Å². The molecular formula is C24H23F5N4O3S. The number of halogens is 5. The van der Waals surface area contributed by atoms with Crippen LogP contribution in [0.5, 0.6) is 0 Å². The van der Waals surface area contributed by atoms with Crippen molar-refractivity contribution in [3.63, 3.8) is 0 Å². The molecule has 1 amide bonds. The molecule has 198 valence electrons. The van der Waals surface area contributed by atoms with Crippen molar-refractivity contribution in [2.75, 3.05) is 13.1 Å². The zero-order chi connectivity index (χ0) is 26.1. The second kappa shape index (κ2) is 10.8. The molecule has 1 unspecified atom stereocenters. The van der Waals surface area contributed by atoms with E-state index in [1.165, 1.54) is 28.4 Å². The van der Waals surface area contributed by atoms with Crippen molar-refractivity contribution in [1.29, 1.82) is 0 Å². The average Bonchev–Trinajstić information content (AvgIpc) is 3.48. The summed E-state index contributed by atoms with van der Waals surface area (Å²) in [6.45, 7) is 0.704. The first-order chi connectivity index (χ1) is 17.8. The predicted molar refractivity (Wildman–Crippen MR) is 122 cm³/mol. The summed E-state index contributed by atoms with van der Waals surface area (Å²) in [6.07, 6.45) is -5.48. The van der Waals surface area contributed by atoms with Crippen molar-refractivity contribution in [2.24, 2.45) is 0 Å². The van der Waals surface area contributed by atoms with Gasteiger partial charge >= 0.3 is 0 Å². The molecule has 1 fully saturated rings. The van der Waals surface area contributed by atoms with E-state index in [9.17, 15) is 26.7 Å². The van der Waals surface area contributed by atoms with Gasteiger partial charge in [0.15, 0.2) is 0 Å². The van der Waals surface area contributed by atoms with Gasteiger partial charge < -0.3 is 14.4 Å². The van der Waals surface area contributed by atoms with Gasteiger partial charge in [0.05, 0.1) is 18.2 Å². The SMILES string of the molecule is O=C(Cn1nc(C(F)F)cc1C(F)F)N1CCC(c2nc(C3OCc4ccc(F)cc4CO3)cs2)CC1. The molecule has 2 aliphatic rings. The summed E-state index contributed by atoms with van der Waals surface area (Å²) in [5, 5.41) is 6.22. The first-order valence-electron chi connectivity index (χ1n) is 11.7. The van der Waals surface area contributed by atoms with Crippen molar-refractivity contribution in [3.05, 3.63) is 68.7 Å². The topological polar surface area (TPSA) is 69.5 Å². The number of hydrogen-bond donors (Lipinski definition) is 0. The van der Waals surface area contributed by atoms with E-state index in [0.717, 1.165) is 16.1 Å². The fourth-order valence-corrected chi connectivity index (χ4v) is 5.47. The minimum absolute atomic E-state index is 0.0895. The Labute approximate surface area is 212 Å². The molecule has 0 aliphatic carbocycles. The van der Waals surface area contributed by atoms with E-state index in [1.54, 1.807) is 6.07 Å². The summed E-state index contributed by atoms with van der Waals surface area (Å²) in [4.78, 5) is 18.9. The van der Waals surface area contributed by atoms with Crippen molar-refractivity contribution < 1.29 is 36.2 Å². The summed E-state index contributed by atoms with van der Waals surface area (Å²) in [5.41, 5.74) is 0.734. The van der Waals surface area contributed by atoms with Crippen LogP contribution in [0.1, 0.15) is 71.1 Å². The molecular weight excluding hydrogens is 519 g/mol. The number of rotatable bonds is 6. The van der Waals surface area contributed by atoms with Gasteiger partial charge in [-0.2, -0.15) is 5.10 Å². The molecule has 0 radical (unpaired) electrons. The first kappa shape index (κ1) is 25.7. The molecule has 3 aromatic rings. The van der Waals surface area contributed by atoms with Gasteiger partial charge in [0.1, 0.15) is 29.4 Å². The van der Waals surface area contributed by atoms with Crippen molar-refractivity contribution in [3.8, 4) is 0 Å². The molecule has 1 atom stereocenters. The van der Waals surface area contributed by atoms with Crippen LogP contribution in [-0.4, -0.2) is 38.7 Å². The molecule has 37 heavy (non-hydrogen) atoms. The number of amides is 1. The molecule has 2 aliphatic heterocycles. The standard InChI is InChI=1S/C24H23F5N4O3S/c25-16-2-1-14-10-35-24(36-11-15(14)7-16)18-12-37-23(30-18)13-3-5-32(6-4-13)20(34)9-33-19(22(28)29)8-17(31-33)21(26)27/h1-2,7-8,12-13,21-22,24H,3-6,9-11H2. The van der Waals surface area contributed by atoms with Gasteiger partial charge in [-0.1, -0.05) is 6.07 Å². The predicted octanol–water partition coefficient (Wildman–Crippen LogP) is 5.51. The number of thiazole rings is 1. The number of carbonyl (C=O) groups excluding carboxylic acids is 1. The lowest BCUT2D eigenvalue weighted by Crippen LogP contribution is -2.40. The number of ether oxygens (including phenoxy) is 2. The number of piperidine rings is 1. The zero-order valence-corrected chi connectivity index (χ0v) is 20.3. The van der Waals surface area contributed by atoms with Crippen LogP contribution in [0.3, 0.4) is 0 Å². The average molecular weight is 543 g/mol. The number of benzene rings is 1. The molecule has 4 heterocycles. The zero-order valence-electron chi connectivity index (χ0n) is 19.5. The second-order valence-corrected chi connectivity index (χ2v) is 9.78. The van der Waals surface area contributed by atoms with Gasteiger partial charge in [0.25, 0.3) is 12.9 Å². The van der Waals surface area contributed by atoms with Gasteiger partial charge in [-0.15, -0.1) is 11.3 Å². The third kappa shape index (κ3) is 5.68. The summed E-state index contributed by atoms with van der Waals surface area (Å²) in [5.74, 6) is -0.703. The normalized spacial score (nSPS) is 18.9. The Bertz CT molecular complexity index is 1260. The molecule has 7 nitrogen and oxygen atoms in total. The highest BCUT2D eigenvalue weighted by Crippen LogP contribution is 2.34. The maximum atomic E-state index is 13.5. The number of aromatic nitrogens is 3. The first-order valence-corrected chi connectivity index (χ1v) is 12.5. The summed E-state index contributed by atoms with van der Waals surface area (Å²) < 4.78 is 78.0. The van der Waals surface area contributed by atoms with E-state index in [1.807, 2.05) is 5.38 Å². The van der Waals surface area contributed by atoms with Gasteiger partial charge in [0.2, 0.25) is 12.2 Å². The maximum absolute atomic E-state index is 13.5. The van der Waals surface area contributed by atoms with E-state index in [-0.39, 0.29) is 24.9 Å². The third-order valence-electron chi connectivity index (χ3n) is 6.49. The van der Waals surface area contributed by atoms with Crippen LogP contribution in [0.15, 0.2) is 29.6 Å². The number of alkyl halides is 4. The van der Waals surface area contributed by atoms with Gasteiger partial charge in [-0.05, 0) is 42.2 Å². The molecule has 2 aromatic heterocycles. The number of likely N-dealkylation sites (tertiary alicyclic amines) is 1. The number of hydrogen-bond acceptors (Lipinski definition) is 6. The Morgan fingerprint density at radius 2 is 1.78 bits per heavy atom. The molecule has 0 bridgehead atoms. The van der Waals surface area contributed by atoms with Gasteiger partial charge in [-0.25, -0.2) is 26.9 Å². The Kier molecular flexibility index (Phi) is 7.54. The van der Waals surface area contributed by atoms with Crippen LogP contribution >= 0.6 is 11.3 Å².